The lowest BCUT2D eigenvalue weighted by molar-refractivity contribution is 0.0819. The number of nitrogens with zero attached hydrogens (tertiary/aromatic N) is 3. The van der Waals surface area contributed by atoms with E-state index in [-0.39, 0.29) is 0 Å². The SMILES string of the molecule is COC1CCN(c2ccc(-c3cc4c(C(C)O)cc(C)cc4nc3-c3c(C)noc3C)cc2)CC1. The van der Waals surface area contributed by atoms with Crippen molar-refractivity contribution in [1.82, 2.24) is 10.1 Å². The van der Waals surface area contributed by atoms with Gasteiger partial charge in [-0.15, -0.1) is 0 Å². The predicted octanol–water partition coefficient (Wildman–Crippen LogP) is 6.15. The summed E-state index contributed by atoms with van der Waals surface area (Å²) in [4.78, 5) is 7.53. The standard InChI is InChI=1S/C29H33N3O3/c1-17-14-24(19(3)33)26-16-25(29(30-27(26)15-17)28-18(2)31-35-20(28)4)21-6-8-22(9-7-21)32-12-10-23(34-5)11-13-32/h6-9,14-16,19,23,33H,10-13H2,1-5H3. The summed E-state index contributed by atoms with van der Waals surface area (Å²) in [6, 6.07) is 15.0. The Kier molecular flexibility index (Phi) is 6.34. The van der Waals surface area contributed by atoms with Gasteiger partial charge in [-0.3, -0.25) is 0 Å². The topological polar surface area (TPSA) is 71.6 Å². The zero-order valence-corrected chi connectivity index (χ0v) is 21.1. The van der Waals surface area contributed by atoms with Gasteiger partial charge in [0.1, 0.15) is 5.76 Å². The van der Waals surface area contributed by atoms with Crippen LogP contribution in [0, 0.1) is 20.8 Å². The second-order valence-electron chi connectivity index (χ2n) is 9.65. The summed E-state index contributed by atoms with van der Waals surface area (Å²) in [5, 5.41) is 15.6. The van der Waals surface area contributed by atoms with E-state index in [2.05, 4.69) is 46.5 Å². The van der Waals surface area contributed by atoms with E-state index >= 15 is 0 Å². The van der Waals surface area contributed by atoms with Crippen LogP contribution in [-0.2, 0) is 4.74 Å². The molecule has 5 rings (SSSR count). The van der Waals surface area contributed by atoms with Gasteiger partial charge in [0.25, 0.3) is 0 Å². The molecule has 0 saturated carbocycles. The number of aromatic nitrogens is 2. The second kappa shape index (κ2) is 9.44. The number of methoxy groups -OCH3 is 1. The number of aliphatic hydroxyl groups is 1. The molecule has 0 amide bonds. The van der Waals surface area contributed by atoms with E-state index in [1.165, 1.54) is 5.69 Å². The normalized spacial score (nSPS) is 15.7. The molecule has 6 nitrogen and oxygen atoms in total. The number of aryl methyl sites for hydroxylation is 3. The maximum Gasteiger partial charge on any atom is 0.143 e. The van der Waals surface area contributed by atoms with Gasteiger partial charge in [0.2, 0.25) is 0 Å². The van der Waals surface area contributed by atoms with E-state index in [4.69, 9.17) is 14.2 Å². The average Bonchev–Trinajstić information content (AvgIpc) is 3.20. The van der Waals surface area contributed by atoms with Crippen molar-refractivity contribution in [3.8, 4) is 22.4 Å². The van der Waals surface area contributed by atoms with Crippen molar-refractivity contribution >= 4 is 16.6 Å². The van der Waals surface area contributed by atoms with Gasteiger partial charge < -0.3 is 19.3 Å². The molecule has 0 radical (unpaired) electrons. The van der Waals surface area contributed by atoms with Crippen LogP contribution in [0.15, 0.2) is 47.0 Å². The van der Waals surface area contributed by atoms with E-state index < -0.39 is 6.10 Å². The first kappa shape index (κ1) is 23.5. The van der Waals surface area contributed by atoms with E-state index in [0.717, 1.165) is 81.8 Å². The predicted molar refractivity (Wildman–Crippen MR) is 140 cm³/mol. The molecule has 6 heteroatoms. The second-order valence-corrected chi connectivity index (χ2v) is 9.65. The number of rotatable bonds is 5. The molecule has 0 aliphatic carbocycles. The number of benzene rings is 2. The van der Waals surface area contributed by atoms with Crippen molar-refractivity contribution < 1.29 is 14.4 Å². The summed E-state index contributed by atoms with van der Waals surface area (Å²) in [6.07, 6.45) is 1.86. The third-order valence-electron chi connectivity index (χ3n) is 7.15. The van der Waals surface area contributed by atoms with Crippen LogP contribution in [0.2, 0.25) is 0 Å². The van der Waals surface area contributed by atoms with Crippen LogP contribution in [0.4, 0.5) is 5.69 Å². The molecule has 35 heavy (non-hydrogen) atoms. The Hall–Kier alpha value is -3.22. The highest BCUT2D eigenvalue weighted by atomic mass is 16.5. The minimum atomic E-state index is -0.589. The molecule has 1 N–H and O–H groups in total. The summed E-state index contributed by atoms with van der Waals surface area (Å²) in [7, 11) is 1.80. The number of fused-ring (bicyclic) bond motifs is 1. The minimum absolute atomic E-state index is 0.360. The van der Waals surface area contributed by atoms with Crippen LogP contribution in [0.3, 0.4) is 0 Å². The zero-order chi connectivity index (χ0) is 24.7. The lowest BCUT2D eigenvalue weighted by Crippen LogP contribution is -2.36. The molecule has 1 saturated heterocycles. The first-order valence-electron chi connectivity index (χ1n) is 12.3. The van der Waals surface area contributed by atoms with Crippen LogP contribution < -0.4 is 4.90 Å². The van der Waals surface area contributed by atoms with E-state index in [1.54, 1.807) is 14.0 Å². The quantitative estimate of drug-likeness (QED) is 0.376. The smallest absolute Gasteiger partial charge is 0.143 e. The van der Waals surface area contributed by atoms with Gasteiger partial charge in [0.05, 0.1) is 34.7 Å². The molecule has 1 unspecified atom stereocenters. The first-order valence-corrected chi connectivity index (χ1v) is 12.3. The molecule has 3 heterocycles. The fraction of sp³-hybridized carbons (Fsp3) is 0.379. The Morgan fingerprint density at radius 2 is 1.77 bits per heavy atom. The van der Waals surface area contributed by atoms with Crippen LogP contribution in [0.25, 0.3) is 33.3 Å². The lowest BCUT2D eigenvalue weighted by atomic mass is 9.93. The minimum Gasteiger partial charge on any atom is -0.389 e. The Balaban J connectivity index is 1.63. The lowest BCUT2D eigenvalue weighted by Gasteiger charge is -2.33. The fourth-order valence-corrected chi connectivity index (χ4v) is 5.23. The molecule has 1 atom stereocenters. The molecule has 1 aliphatic heterocycles. The highest BCUT2D eigenvalue weighted by Gasteiger charge is 2.22. The average molecular weight is 472 g/mol. The molecule has 4 aromatic rings. The fourth-order valence-electron chi connectivity index (χ4n) is 5.23. The third kappa shape index (κ3) is 4.44. The van der Waals surface area contributed by atoms with Crippen molar-refractivity contribution in [3.05, 3.63) is 65.0 Å². The molecule has 0 bridgehead atoms. The van der Waals surface area contributed by atoms with Gasteiger partial charge in [-0.1, -0.05) is 23.4 Å². The summed E-state index contributed by atoms with van der Waals surface area (Å²) >= 11 is 0. The molecule has 1 aliphatic rings. The number of hydrogen-bond donors (Lipinski definition) is 1. The number of anilines is 1. The highest BCUT2D eigenvalue weighted by Crippen LogP contribution is 2.39. The first-order chi connectivity index (χ1) is 16.9. The molecular formula is C29H33N3O3. The van der Waals surface area contributed by atoms with Crippen molar-refractivity contribution in [1.29, 1.82) is 0 Å². The van der Waals surface area contributed by atoms with E-state index in [9.17, 15) is 5.11 Å². The molecule has 2 aromatic carbocycles. The number of ether oxygens (including phenoxy) is 1. The maximum absolute atomic E-state index is 10.5. The summed E-state index contributed by atoms with van der Waals surface area (Å²) in [5.74, 6) is 0.747. The summed E-state index contributed by atoms with van der Waals surface area (Å²) in [6.45, 7) is 9.71. The Morgan fingerprint density at radius 3 is 2.37 bits per heavy atom. The molecule has 1 fully saturated rings. The number of pyridine rings is 1. The third-order valence-corrected chi connectivity index (χ3v) is 7.15. The monoisotopic (exact) mass is 471 g/mol. The van der Waals surface area contributed by atoms with Crippen LogP contribution in [-0.4, -0.2) is 41.6 Å². The van der Waals surface area contributed by atoms with E-state index in [1.807, 2.05) is 26.8 Å². The highest BCUT2D eigenvalue weighted by molar-refractivity contribution is 5.94. The summed E-state index contributed by atoms with van der Waals surface area (Å²) < 4.78 is 11.0. The van der Waals surface area contributed by atoms with Crippen LogP contribution in [0.1, 0.15) is 48.5 Å². The summed E-state index contributed by atoms with van der Waals surface area (Å²) in [5.41, 5.74) is 8.70. The van der Waals surface area contributed by atoms with Crippen LogP contribution in [0.5, 0.6) is 0 Å². The Morgan fingerprint density at radius 1 is 1.06 bits per heavy atom. The van der Waals surface area contributed by atoms with E-state index in [0.29, 0.717) is 6.10 Å². The largest absolute Gasteiger partial charge is 0.389 e. The van der Waals surface area contributed by atoms with Crippen molar-refractivity contribution in [2.24, 2.45) is 0 Å². The molecule has 2 aromatic heterocycles. The molecular weight excluding hydrogens is 438 g/mol. The van der Waals surface area contributed by atoms with Crippen molar-refractivity contribution in [2.45, 2.75) is 52.7 Å². The van der Waals surface area contributed by atoms with Gasteiger partial charge >= 0.3 is 0 Å². The van der Waals surface area contributed by atoms with Gasteiger partial charge in [-0.05, 0) is 81.5 Å². The maximum atomic E-state index is 10.5. The molecule has 182 valence electrons. The zero-order valence-electron chi connectivity index (χ0n) is 21.1. The number of hydrogen-bond acceptors (Lipinski definition) is 6. The van der Waals surface area contributed by atoms with Gasteiger partial charge in [0, 0.05) is 36.8 Å². The van der Waals surface area contributed by atoms with Crippen LogP contribution >= 0.6 is 0 Å². The Bertz CT molecular complexity index is 1330. The van der Waals surface area contributed by atoms with Gasteiger partial charge in [-0.25, -0.2) is 4.98 Å². The van der Waals surface area contributed by atoms with Gasteiger partial charge in [0.15, 0.2) is 0 Å². The van der Waals surface area contributed by atoms with Gasteiger partial charge in [-0.2, -0.15) is 0 Å². The van der Waals surface area contributed by atoms with Crippen molar-refractivity contribution in [2.75, 3.05) is 25.1 Å². The number of aliphatic hydroxyl groups excluding tert-OH is 1. The Labute approximate surface area is 206 Å². The van der Waals surface area contributed by atoms with Crippen molar-refractivity contribution in [3.63, 3.8) is 0 Å². The number of piperidine rings is 1. The molecule has 0 spiro atoms.